The van der Waals surface area contributed by atoms with Gasteiger partial charge in [-0.05, 0) is 29.8 Å². The number of rotatable bonds is 2. The van der Waals surface area contributed by atoms with Gasteiger partial charge in [0.25, 0.3) is 0 Å². The molecule has 0 aromatic heterocycles. The monoisotopic (exact) mass is 284 g/mol. The van der Waals surface area contributed by atoms with E-state index >= 15 is 0 Å². The van der Waals surface area contributed by atoms with Gasteiger partial charge in [0.15, 0.2) is 0 Å². The summed E-state index contributed by atoms with van der Waals surface area (Å²) in [6.07, 6.45) is 0.218. The summed E-state index contributed by atoms with van der Waals surface area (Å²) >= 11 is 0. The molecule has 0 bridgehead atoms. The average Bonchev–Trinajstić information content (AvgIpc) is 2.48. The summed E-state index contributed by atoms with van der Waals surface area (Å²) in [7, 11) is 2.02. The number of fused-ring (bicyclic) bond motifs is 1. The summed E-state index contributed by atoms with van der Waals surface area (Å²) in [4.78, 5) is 16.5. The van der Waals surface area contributed by atoms with Crippen LogP contribution in [0.1, 0.15) is 5.56 Å². The maximum absolute atomic E-state index is 13.2. The molecule has 0 radical (unpaired) electrons. The van der Waals surface area contributed by atoms with Gasteiger partial charge in [0.2, 0.25) is 5.91 Å². The van der Waals surface area contributed by atoms with Gasteiger partial charge in [0, 0.05) is 20.1 Å². The lowest BCUT2D eigenvalue weighted by atomic mass is 10.1. The van der Waals surface area contributed by atoms with Crippen LogP contribution in [0.25, 0.3) is 0 Å². The molecule has 0 atom stereocenters. The summed E-state index contributed by atoms with van der Waals surface area (Å²) in [5.74, 6) is -0.305. The molecule has 0 fully saturated rings. The third kappa shape index (κ3) is 2.75. The first-order chi connectivity index (χ1) is 10.1. The Balaban J connectivity index is 1.84. The number of likely N-dealkylation sites (N-methyl/N-ethyl adjacent to an activating group) is 1. The summed E-state index contributed by atoms with van der Waals surface area (Å²) in [6.45, 7) is 1.45. The van der Waals surface area contributed by atoms with Crippen molar-refractivity contribution in [2.75, 3.05) is 29.9 Å². The van der Waals surface area contributed by atoms with E-state index in [4.69, 9.17) is 0 Å². The Labute approximate surface area is 123 Å². The third-order valence-corrected chi connectivity index (χ3v) is 3.79. The minimum absolute atomic E-state index is 0.00106. The molecular weight excluding hydrogens is 267 g/mol. The van der Waals surface area contributed by atoms with E-state index in [0.717, 1.165) is 17.9 Å². The van der Waals surface area contributed by atoms with Gasteiger partial charge in [-0.1, -0.05) is 24.3 Å². The van der Waals surface area contributed by atoms with Crippen LogP contribution < -0.4 is 9.80 Å². The highest BCUT2D eigenvalue weighted by Gasteiger charge is 2.24. The number of hydrogen-bond acceptors (Lipinski definition) is 2. The second-order valence-corrected chi connectivity index (χ2v) is 5.26. The van der Waals surface area contributed by atoms with Crippen LogP contribution in [0.5, 0.6) is 0 Å². The molecule has 0 aliphatic carbocycles. The molecule has 21 heavy (non-hydrogen) atoms. The lowest BCUT2D eigenvalue weighted by Gasteiger charge is -2.35. The van der Waals surface area contributed by atoms with Gasteiger partial charge in [0.1, 0.15) is 5.82 Å². The predicted octanol–water partition coefficient (Wildman–Crippen LogP) is 2.85. The van der Waals surface area contributed by atoms with Crippen molar-refractivity contribution >= 4 is 17.3 Å². The number of hydrogen-bond donors (Lipinski definition) is 0. The zero-order valence-electron chi connectivity index (χ0n) is 11.9. The van der Waals surface area contributed by atoms with Crippen molar-refractivity contribution < 1.29 is 9.18 Å². The number of amides is 1. The van der Waals surface area contributed by atoms with E-state index in [2.05, 4.69) is 4.90 Å². The second-order valence-electron chi connectivity index (χ2n) is 5.26. The highest BCUT2D eigenvalue weighted by molar-refractivity contribution is 5.98. The number of nitrogens with zero attached hydrogens (tertiary/aromatic N) is 2. The number of benzene rings is 2. The standard InChI is InChI=1S/C17H17FN2O/c1-19-9-10-20(16-8-3-2-7-15(16)19)17(21)12-13-5-4-6-14(18)11-13/h2-8,11H,9-10,12H2,1H3. The van der Waals surface area contributed by atoms with Gasteiger partial charge in [0.05, 0.1) is 17.8 Å². The first kappa shape index (κ1) is 13.6. The molecule has 3 nitrogen and oxygen atoms in total. The van der Waals surface area contributed by atoms with E-state index in [1.54, 1.807) is 17.0 Å². The fourth-order valence-corrected chi connectivity index (χ4v) is 2.68. The molecule has 1 heterocycles. The molecule has 2 aromatic carbocycles. The third-order valence-electron chi connectivity index (χ3n) is 3.79. The fraction of sp³-hybridized carbons (Fsp3) is 0.235. The summed E-state index contributed by atoms with van der Waals surface area (Å²) in [6, 6.07) is 14.1. The highest BCUT2D eigenvalue weighted by atomic mass is 19.1. The van der Waals surface area contributed by atoms with Gasteiger partial charge in [-0.25, -0.2) is 4.39 Å². The number of anilines is 2. The van der Waals surface area contributed by atoms with Gasteiger partial charge in [-0.15, -0.1) is 0 Å². The molecular formula is C17H17FN2O. The molecule has 0 spiro atoms. The first-order valence-electron chi connectivity index (χ1n) is 7.00. The second kappa shape index (κ2) is 5.56. The summed E-state index contributed by atoms with van der Waals surface area (Å²) < 4.78 is 13.2. The fourth-order valence-electron chi connectivity index (χ4n) is 2.68. The Hall–Kier alpha value is -2.36. The molecule has 1 aliphatic rings. The van der Waals surface area contributed by atoms with Crippen LogP contribution in [0.2, 0.25) is 0 Å². The molecule has 0 N–H and O–H groups in total. The van der Waals surface area contributed by atoms with Crippen LogP contribution in [0.3, 0.4) is 0 Å². The summed E-state index contributed by atoms with van der Waals surface area (Å²) in [5, 5.41) is 0. The molecule has 0 saturated carbocycles. The zero-order valence-corrected chi connectivity index (χ0v) is 11.9. The van der Waals surface area contributed by atoms with E-state index < -0.39 is 0 Å². The molecule has 1 aliphatic heterocycles. The van der Waals surface area contributed by atoms with Crippen LogP contribution in [0, 0.1) is 5.82 Å². The molecule has 0 saturated heterocycles. The van der Waals surface area contributed by atoms with E-state index in [9.17, 15) is 9.18 Å². The Morgan fingerprint density at radius 1 is 1.10 bits per heavy atom. The van der Waals surface area contributed by atoms with Crippen molar-refractivity contribution in [2.45, 2.75) is 6.42 Å². The van der Waals surface area contributed by atoms with Crippen molar-refractivity contribution in [1.29, 1.82) is 0 Å². The largest absolute Gasteiger partial charge is 0.371 e. The molecule has 4 heteroatoms. The molecule has 1 amide bonds. The number of carbonyl (C=O) groups is 1. The molecule has 108 valence electrons. The summed E-state index contributed by atoms with van der Waals surface area (Å²) in [5.41, 5.74) is 2.68. The number of para-hydroxylation sites is 2. The lowest BCUT2D eigenvalue weighted by molar-refractivity contribution is -0.118. The number of carbonyl (C=O) groups excluding carboxylic acids is 1. The maximum atomic E-state index is 13.2. The van der Waals surface area contributed by atoms with Crippen LogP contribution in [-0.4, -0.2) is 26.0 Å². The quantitative estimate of drug-likeness (QED) is 0.846. The van der Waals surface area contributed by atoms with E-state index in [-0.39, 0.29) is 18.1 Å². The van der Waals surface area contributed by atoms with Gasteiger partial charge >= 0.3 is 0 Å². The van der Waals surface area contributed by atoms with Crippen molar-refractivity contribution in [1.82, 2.24) is 0 Å². The first-order valence-corrected chi connectivity index (χ1v) is 7.00. The molecule has 3 rings (SSSR count). The van der Waals surface area contributed by atoms with Crippen molar-refractivity contribution in [3.63, 3.8) is 0 Å². The Morgan fingerprint density at radius 2 is 1.86 bits per heavy atom. The van der Waals surface area contributed by atoms with E-state index in [0.29, 0.717) is 12.1 Å². The lowest BCUT2D eigenvalue weighted by Crippen LogP contribution is -2.43. The van der Waals surface area contributed by atoms with E-state index in [1.807, 2.05) is 31.3 Å². The van der Waals surface area contributed by atoms with Crippen LogP contribution >= 0.6 is 0 Å². The van der Waals surface area contributed by atoms with Crippen LogP contribution in [0.4, 0.5) is 15.8 Å². The highest BCUT2D eigenvalue weighted by Crippen LogP contribution is 2.32. The minimum Gasteiger partial charge on any atom is -0.371 e. The van der Waals surface area contributed by atoms with Crippen molar-refractivity contribution in [3.8, 4) is 0 Å². The Morgan fingerprint density at radius 3 is 2.62 bits per heavy atom. The van der Waals surface area contributed by atoms with Crippen molar-refractivity contribution in [2.24, 2.45) is 0 Å². The SMILES string of the molecule is CN1CCN(C(=O)Cc2cccc(F)c2)c2ccccc21. The van der Waals surface area contributed by atoms with Crippen LogP contribution in [-0.2, 0) is 11.2 Å². The Bertz CT molecular complexity index is 671. The molecule has 2 aromatic rings. The molecule has 0 unspecified atom stereocenters. The normalized spacial score (nSPS) is 14.0. The van der Waals surface area contributed by atoms with E-state index in [1.165, 1.54) is 12.1 Å². The smallest absolute Gasteiger partial charge is 0.231 e. The van der Waals surface area contributed by atoms with Gasteiger partial charge in [-0.2, -0.15) is 0 Å². The van der Waals surface area contributed by atoms with Gasteiger partial charge in [-0.3, -0.25) is 4.79 Å². The van der Waals surface area contributed by atoms with Crippen molar-refractivity contribution in [3.05, 3.63) is 59.9 Å². The topological polar surface area (TPSA) is 23.6 Å². The van der Waals surface area contributed by atoms with Crippen LogP contribution in [0.15, 0.2) is 48.5 Å². The zero-order chi connectivity index (χ0) is 14.8. The Kier molecular flexibility index (Phi) is 3.60. The average molecular weight is 284 g/mol. The van der Waals surface area contributed by atoms with Gasteiger partial charge < -0.3 is 9.80 Å². The predicted molar refractivity (Wildman–Crippen MR) is 82.2 cm³/mol. The minimum atomic E-state index is -0.306. The number of halogens is 1. The maximum Gasteiger partial charge on any atom is 0.231 e.